The minimum absolute atomic E-state index is 0.138. The van der Waals surface area contributed by atoms with Crippen molar-refractivity contribution in [1.29, 1.82) is 0 Å². The van der Waals surface area contributed by atoms with Gasteiger partial charge in [0, 0.05) is 50.4 Å². The monoisotopic (exact) mass is 346 g/mol. The molecule has 0 saturated carbocycles. The van der Waals surface area contributed by atoms with E-state index in [1.807, 2.05) is 18.2 Å². The first-order chi connectivity index (χ1) is 11.7. The van der Waals surface area contributed by atoms with E-state index in [0.717, 1.165) is 30.3 Å². The minimum Gasteiger partial charge on any atom is -0.368 e. The third-order valence-corrected chi connectivity index (χ3v) is 4.48. The fourth-order valence-corrected chi connectivity index (χ4v) is 3.08. The van der Waals surface area contributed by atoms with E-state index in [2.05, 4.69) is 37.3 Å². The van der Waals surface area contributed by atoms with Gasteiger partial charge in [0.1, 0.15) is 0 Å². The van der Waals surface area contributed by atoms with Crippen LogP contribution in [0.2, 0.25) is 0 Å². The van der Waals surface area contributed by atoms with Gasteiger partial charge in [-0.05, 0) is 12.1 Å². The number of rotatable bonds is 3. The summed E-state index contributed by atoms with van der Waals surface area (Å²) in [6, 6.07) is 9.89. The van der Waals surface area contributed by atoms with Gasteiger partial charge in [-0.25, -0.2) is 4.79 Å². The van der Waals surface area contributed by atoms with Gasteiger partial charge in [0.15, 0.2) is 10.7 Å². The first-order valence-electron chi connectivity index (χ1n) is 7.59. The summed E-state index contributed by atoms with van der Waals surface area (Å²) in [5.74, 6) is -0.368. The number of aromatic nitrogens is 2. The van der Waals surface area contributed by atoms with Crippen molar-refractivity contribution in [3.8, 4) is 0 Å². The van der Waals surface area contributed by atoms with Gasteiger partial charge in [-0.2, -0.15) is 0 Å². The largest absolute Gasteiger partial charge is 0.368 e. The number of nitrogens with zero attached hydrogens (tertiary/aromatic N) is 4. The van der Waals surface area contributed by atoms with Gasteiger partial charge < -0.3 is 15.1 Å². The Labute approximate surface area is 143 Å². The smallest absolute Gasteiger partial charge is 0.322 e. The van der Waals surface area contributed by atoms with Gasteiger partial charge in [-0.3, -0.25) is 10.1 Å². The summed E-state index contributed by atoms with van der Waals surface area (Å²) in [4.78, 5) is 28.0. The number of benzene rings is 1. The van der Waals surface area contributed by atoms with E-state index in [9.17, 15) is 9.59 Å². The Balaban J connectivity index is 1.58. The summed E-state index contributed by atoms with van der Waals surface area (Å²) in [6.45, 7) is 2.76. The summed E-state index contributed by atoms with van der Waals surface area (Å²) in [5, 5.41) is 9.33. The average Bonchev–Trinajstić information content (AvgIpc) is 3.10. The van der Waals surface area contributed by atoms with Crippen LogP contribution in [0.15, 0.2) is 30.3 Å². The minimum atomic E-state index is -0.368. The number of urea groups is 1. The molecule has 2 heterocycles. The van der Waals surface area contributed by atoms with E-state index in [1.54, 1.807) is 4.90 Å². The lowest BCUT2D eigenvalue weighted by atomic mass is 10.2. The predicted octanol–water partition coefficient (Wildman–Crippen LogP) is 1.25. The molecular weight excluding hydrogens is 328 g/mol. The molecular formula is C15H18N6O2S. The maximum absolute atomic E-state index is 12.4. The van der Waals surface area contributed by atoms with Crippen LogP contribution in [-0.2, 0) is 0 Å². The molecule has 1 fully saturated rings. The molecule has 1 saturated heterocycles. The number of carbonyl (C=O) groups excluding carboxylic acids is 2. The van der Waals surface area contributed by atoms with E-state index >= 15 is 0 Å². The van der Waals surface area contributed by atoms with Crippen LogP contribution in [0.4, 0.5) is 15.5 Å². The van der Waals surface area contributed by atoms with Gasteiger partial charge in [-0.1, -0.05) is 22.7 Å². The highest BCUT2D eigenvalue weighted by Gasteiger charge is 2.24. The normalized spacial score (nSPS) is 14.4. The van der Waals surface area contributed by atoms with Gasteiger partial charge in [-0.15, -0.1) is 5.10 Å². The van der Waals surface area contributed by atoms with Gasteiger partial charge >= 0.3 is 6.03 Å². The van der Waals surface area contributed by atoms with Gasteiger partial charge in [0.2, 0.25) is 0 Å². The maximum Gasteiger partial charge on any atom is 0.322 e. The quantitative estimate of drug-likeness (QED) is 0.873. The zero-order chi connectivity index (χ0) is 16.9. The summed E-state index contributed by atoms with van der Waals surface area (Å²) in [5.41, 5.74) is 1.30. The predicted molar refractivity (Wildman–Crippen MR) is 92.5 cm³/mol. The van der Waals surface area contributed by atoms with Crippen molar-refractivity contribution < 1.29 is 9.59 Å². The number of hydrogen-bond acceptors (Lipinski definition) is 6. The van der Waals surface area contributed by atoms with E-state index in [4.69, 9.17) is 0 Å². The third-order valence-electron chi connectivity index (χ3n) is 3.84. The second-order valence-corrected chi connectivity index (χ2v) is 6.02. The van der Waals surface area contributed by atoms with Gasteiger partial charge in [0.25, 0.3) is 5.91 Å². The van der Waals surface area contributed by atoms with Crippen molar-refractivity contribution in [3.63, 3.8) is 0 Å². The molecule has 0 bridgehead atoms. The van der Waals surface area contributed by atoms with Crippen molar-refractivity contribution in [3.05, 3.63) is 36.0 Å². The summed E-state index contributed by atoms with van der Waals surface area (Å²) in [6.07, 6.45) is 0. The molecule has 3 amide bonds. The Hall–Kier alpha value is -2.68. The number of piperazine rings is 1. The second-order valence-electron chi connectivity index (χ2n) is 5.27. The molecule has 0 atom stereocenters. The highest BCUT2D eigenvalue weighted by Crippen LogP contribution is 2.19. The molecule has 2 aromatic rings. The average molecular weight is 346 g/mol. The topological polar surface area (TPSA) is 90.5 Å². The number of para-hydroxylation sites is 1. The molecule has 24 heavy (non-hydrogen) atoms. The molecule has 1 aliphatic rings. The lowest BCUT2D eigenvalue weighted by Crippen LogP contribution is -2.50. The molecule has 1 aliphatic heterocycles. The van der Waals surface area contributed by atoms with Crippen molar-refractivity contribution in [1.82, 2.24) is 19.8 Å². The Bertz CT molecular complexity index is 712. The van der Waals surface area contributed by atoms with Crippen LogP contribution in [0.1, 0.15) is 10.5 Å². The fourth-order valence-electron chi connectivity index (χ4n) is 2.52. The molecule has 0 spiro atoms. The van der Waals surface area contributed by atoms with Gasteiger partial charge in [0.05, 0.1) is 0 Å². The van der Waals surface area contributed by atoms with Crippen molar-refractivity contribution >= 4 is 34.2 Å². The number of anilines is 2. The summed E-state index contributed by atoms with van der Waals surface area (Å²) < 4.78 is 3.73. The highest BCUT2D eigenvalue weighted by molar-refractivity contribution is 7.10. The van der Waals surface area contributed by atoms with E-state index < -0.39 is 0 Å². The third kappa shape index (κ3) is 3.46. The number of carbonyl (C=O) groups is 2. The molecule has 0 unspecified atom stereocenters. The Morgan fingerprint density at radius 3 is 2.50 bits per heavy atom. The molecule has 1 aromatic carbocycles. The Kier molecular flexibility index (Phi) is 4.90. The first-order valence-corrected chi connectivity index (χ1v) is 8.36. The van der Waals surface area contributed by atoms with Crippen LogP contribution in [-0.4, -0.2) is 59.7 Å². The molecule has 2 N–H and O–H groups in total. The maximum atomic E-state index is 12.4. The Morgan fingerprint density at radius 1 is 1.12 bits per heavy atom. The number of nitrogens with one attached hydrogen (secondary N) is 2. The van der Waals surface area contributed by atoms with Crippen LogP contribution < -0.4 is 15.5 Å². The highest BCUT2D eigenvalue weighted by atomic mass is 32.1. The Morgan fingerprint density at radius 2 is 1.83 bits per heavy atom. The molecule has 126 valence electrons. The lowest BCUT2D eigenvalue weighted by molar-refractivity contribution is 0.0959. The van der Waals surface area contributed by atoms with Crippen molar-refractivity contribution in [2.45, 2.75) is 0 Å². The standard InChI is InChI=1S/C15H18N6O2S/c1-16-13(22)12-14(24-19-18-12)17-15(23)21-9-7-20(8-10-21)11-5-3-2-4-6-11/h2-6H,7-10H2,1H3,(H,16,22)(H,17,23). The number of amides is 3. The van der Waals surface area contributed by atoms with E-state index in [0.29, 0.717) is 18.1 Å². The van der Waals surface area contributed by atoms with Crippen molar-refractivity contribution in [2.24, 2.45) is 0 Å². The number of hydrogen-bond donors (Lipinski definition) is 2. The fraction of sp³-hybridized carbons (Fsp3) is 0.333. The summed E-state index contributed by atoms with van der Waals surface area (Å²) >= 11 is 0.992. The van der Waals surface area contributed by atoms with E-state index in [-0.39, 0.29) is 17.6 Å². The molecule has 0 radical (unpaired) electrons. The summed E-state index contributed by atoms with van der Waals surface area (Å²) in [7, 11) is 1.51. The van der Waals surface area contributed by atoms with Crippen LogP contribution in [0.25, 0.3) is 0 Å². The van der Waals surface area contributed by atoms with E-state index in [1.165, 1.54) is 7.05 Å². The zero-order valence-corrected chi connectivity index (χ0v) is 14.0. The van der Waals surface area contributed by atoms with Crippen molar-refractivity contribution in [2.75, 3.05) is 43.4 Å². The zero-order valence-electron chi connectivity index (χ0n) is 13.2. The van der Waals surface area contributed by atoms with Crippen LogP contribution in [0, 0.1) is 0 Å². The lowest BCUT2D eigenvalue weighted by Gasteiger charge is -2.35. The molecule has 8 nitrogen and oxygen atoms in total. The van der Waals surface area contributed by atoms with Crippen LogP contribution in [0.3, 0.4) is 0 Å². The van der Waals surface area contributed by atoms with Crippen LogP contribution in [0.5, 0.6) is 0 Å². The second kappa shape index (κ2) is 7.26. The SMILES string of the molecule is CNC(=O)c1nnsc1NC(=O)N1CCN(c2ccccc2)CC1. The molecule has 9 heteroatoms. The molecule has 3 rings (SSSR count). The molecule has 0 aliphatic carbocycles. The van der Waals surface area contributed by atoms with Crippen LogP contribution >= 0.6 is 11.5 Å². The molecule has 1 aromatic heterocycles. The first kappa shape index (κ1) is 16.2.